The first kappa shape index (κ1) is 12.7. The van der Waals surface area contributed by atoms with Crippen molar-refractivity contribution < 1.29 is 9.84 Å². The lowest BCUT2D eigenvalue weighted by atomic mass is 10.0. The number of ether oxygens (including phenoxy) is 1. The molecule has 1 aromatic rings. The van der Waals surface area contributed by atoms with Gasteiger partial charge in [-0.1, -0.05) is 28.1 Å². The molecule has 0 spiro atoms. The van der Waals surface area contributed by atoms with Crippen LogP contribution in [0.2, 0.25) is 0 Å². The zero-order valence-corrected chi connectivity index (χ0v) is 11.5. The topological polar surface area (TPSA) is 29.5 Å². The first-order valence-electron chi connectivity index (χ1n) is 5.97. The molecule has 0 saturated carbocycles. The molecule has 1 unspecified atom stereocenters. The van der Waals surface area contributed by atoms with Crippen LogP contribution in [0.3, 0.4) is 0 Å². The maximum atomic E-state index is 9.71. The van der Waals surface area contributed by atoms with E-state index in [1.807, 2.05) is 18.2 Å². The fourth-order valence-electron chi connectivity index (χ4n) is 2.00. The summed E-state index contributed by atoms with van der Waals surface area (Å²) in [6, 6.07) is 5.74. The van der Waals surface area contributed by atoms with Crippen molar-refractivity contribution in [1.29, 1.82) is 0 Å². The highest BCUT2D eigenvalue weighted by Gasteiger charge is 2.15. The molecular formula is C14H17BrO2. The molecule has 0 fully saturated rings. The van der Waals surface area contributed by atoms with Gasteiger partial charge in [0.2, 0.25) is 0 Å². The predicted octanol–water partition coefficient (Wildman–Crippen LogP) is 3.99. The molecule has 0 radical (unpaired) electrons. The molecule has 3 heteroatoms. The second kappa shape index (κ2) is 5.69. The van der Waals surface area contributed by atoms with E-state index in [0.717, 1.165) is 28.6 Å². The number of hydrogen-bond donors (Lipinski definition) is 1. The Morgan fingerprint density at radius 1 is 1.47 bits per heavy atom. The smallest absolute Gasteiger partial charge is 0.127 e. The van der Waals surface area contributed by atoms with E-state index in [0.29, 0.717) is 0 Å². The summed E-state index contributed by atoms with van der Waals surface area (Å²) in [5, 5.41) is 9.71. The van der Waals surface area contributed by atoms with Crippen molar-refractivity contribution in [2.75, 3.05) is 0 Å². The lowest BCUT2D eigenvalue weighted by molar-refractivity contribution is 0.180. The third-order valence-electron chi connectivity index (χ3n) is 2.91. The van der Waals surface area contributed by atoms with Crippen LogP contribution in [0.1, 0.15) is 37.9 Å². The molecule has 0 amide bonds. The van der Waals surface area contributed by atoms with Crippen molar-refractivity contribution in [2.24, 2.45) is 0 Å². The van der Waals surface area contributed by atoms with Gasteiger partial charge in [-0.3, -0.25) is 0 Å². The van der Waals surface area contributed by atoms with E-state index in [1.54, 1.807) is 6.92 Å². The number of rotatable bonds is 3. The fourth-order valence-corrected chi connectivity index (χ4v) is 2.34. The maximum Gasteiger partial charge on any atom is 0.127 e. The van der Waals surface area contributed by atoms with Crippen LogP contribution in [0.15, 0.2) is 34.8 Å². The summed E-state index contributed by atoms with van der Waals surface area (Å²) in [4.78, 5) is 0. The van der Waals surface area contributed by atoms with Crippen molar-refractivity contribution in [2.45, 2.75) is 38.4 Å². The summed E-state index contributed by atoms with van der Waals surface area (Å²) in [6.45, 7) is 1.76. The van der Waals surface area contributed by atoms with Crippen molar-refractivity contribution in [1.82, 2.24) is 0 Å². The largest absolute Gasteiger partial charge is 0.486 e. The van der Waals surface area contributed by atoms with E-state index < -0.39 is 6.10 Å². The minimum absolute atomic E-state index is 0.135. The molecule has 1 aliphatic rings. The minimum Gasteiger partial charge on any atom is -0.486 e. The van der Waals surface area contributed by atoms with Crippen LogP contribution in [0.5, 0.6) is 5.75 Å². The van der Waals surface area contributed by atoms with Gasteiger partial charge in [-0.25, -0.2) is 0 Å². The Labute approximate surface area is 110 Å². The SMILES string of the molecule is C[C@H](O)c1ccc(Br)cc1OC1C=CCCC1. The second-order valence-corrected chi connectivity index (χ2v) is 5.29. The van der Waals surface area contributed by atoms with Gasteiger partial charge in [0.05, 0.1) is 6.10 Å². The monoisotopic (exact) mass is 296 g/mol. The molecule has 92 valence electrons. The quantitative estimate of drug-likeness (QED) is 0.855. The van der Waals surface area contributed by atoms with Crippen LogP contribution < -0.4 is 4.74 Å². The van der Waals surface area contributed by atoms with E-state index in [4.69, 9.17) is 4.74 Å². The summed E-state index contributed by atoms with van der Waals surface area (Å²) >= 11 is 3.43. The van der Waals surface area contributed by atoms with Gasteiger partial charge in [-0.05, 0) is 44.4 Å². The molecule has 0 saturated heterocycles. The summed E-state index contributed by atoms with van der Waals surface area (Å²) < 4.78 is 6.92. The van der Waals surface area contributed by atoms with E-state index in [1.165, 1.54) is 6.42 Å². The number of benzene rings is 1. The van der Waals surface area contributed by atoms with Crippen molar-refractivity contribution in [3.63, 3.8) is 0 Å². The van der Waals surface area contributed by atoms with Gasteiger partial charge in [-0.15, -0.1) is 0 Å². The predicted molar refractivity (Wildman–Crippen MR) is 72.2 cm³/mol. The summed E-state index contributed by atoms with van der Waals surface area (Å²) in [5.41, 5.74) is 0.840. The van der Waals surface area contributed by atoms with Crippen LogP contribution in [0.4, 0.5) is 0 Å². The number of hydrogen-bond acceptors (Lipinski definition) is 2. The first-order valence-corrected chi connectivity index (χ1v) is 6.77. The maximum absolute atomic E-state index is 9.71. The van der Waals surface area contributed by atoms with Crippen LogP contribution in [0.25, 0.3) is 0 Å². The highest BCUT2D eigenvalue weighted by Crippen LogP contribution is 2.30. The van der Waals surface area contributed by atoms with E-state index in [2.05, 4.69) is 28.1 Å². The Morgan fingerprint density at radius 2 is 2.29 bits per heavy atom. The Morgan fingerprint density at radius 3 is 2.94 bits per heavy atom. The molecule has 2 rings (SSSR count). The summed E-state index contributed by atoms with van der Waals surface area (Å²) in [6.07, 6.45) is 7.24. The Balaban J connectivity index is 2.20. The zero-order valence-electron chi connectivity index (χ0n) is 9.90. The Bertz CT molecular complexity index is 413. The number of halogens is 1. The normalized spacial score (nSPS) is 21.2. The molecule has 0 bridgehead atoms. The highest BCUT2D eigenvalue weighted by molar-refractivity contribution is 9.10. The lowest BCUT2D eigenvalue weighted by Gasteiger charge is -2.21. The molecule has 0 heterocycles. The third kappa shape index (κ3) is 3.33. The molecular weight excluding hydrogens is 280 g/mol. The molecule has 2 atom stereocenters. The van der Waals surface area contributed by atoms with Crippen molar-refractivity contribution >= 4 is 15.9 Å². The van der Waals surface area contributed by atoms with E-state index in [-0.39, 0.29) is 6.10 Å². The molecule has 1 aromatic carbocycles. The number of allylic oxidation sites excluding steroid dienone is 1. The molecule has 0 aliphatic heterocycles. The number of aliphatic hydroxyl groups excluding tert-OH is 1. The lowest BCUT2D eigenvalue weighted by Crippen LogP contribution is -2.16. The van der Waals surface area contributed by atoms with Crippen LogP contribution in [0, 0.1) is 0 Å². The molecule has 0 aromatic heterocycles. The van der Waals surface area contributed by atoms with Gasteiger partial charge in [-0.2, -0.15) is 0 Å². The molecule has 1 N–H and O–H groups in total. The van der Waals surface area contributed by atoms with Crippen molar-refractivity contribution in [3.8, 4) is 5.75 Å². The standard InChI is InChI=1S/C14H17BrO2/c1-10(16)13-8-7-11(15)9-14(13)17-12-5-3-2-4-6-12/h3,5,7-10,12,16H,2,4,6H2,1H3/t10-,12?/m0/s1. The fraction of sp³-hybridized carbons (Fsp3) is 0.429. The van der Waals surface area contributed by atoms with Gasteiger partial charge in [0.1, 0.15) is 11.9 Å². The van der Waals surface area contributed by atoms with Crippen molar-refractivity contribution in [3.05, 3.63) is 40.4 Å². The first-order chi connectivity index (χ1) is 8.16. The van der Waals surface area contributed by atoms with Gasteiger partial charge < -0.3 is 9.84 Å². The van der Waals surface area contributed by atoms with Crippen LogP contribution in [-0.4, -0.2) is 11.2 Å². The Kier molecular flexibility index (Phi) is 4.24. The summed E-state index contributed by atoms with van der Waals surface area (Å²) in [7, 11) is 0. The number of aliphatic hydroxyl groups is 1. The summed E-state index contributed by atoms with van der Waals surface area (Å²) in [5.74, 6) is 0.769. The second-order valence-electron chi connectivity index (χ2n) is 4.37. The molecule has 17 heavy (non-hydrogen) atoms. The average Bonchev–Trinajstić information content (AvgIpc) is 2.30. The van der Waals surface area contributed by atoms with E-state index in [9.17, 15) is 5.11 Å². The zero-order chi connectivity index (χ0) is 12.3. The van der Waals surface area contributed by atoms with Gasteiger partial charge in [0.25, 0.3) is 0 Å². The van der Waals surface area contributed by atoms with Gasteiger partial charge in [0.15, 0.2) is 0 Å². The third-order valence-corrected chi connectivity index (χ3v) is 3.41. The average molecular weight is 297 g/mol. The minimum atomic E-state index is -0.509. The van der Waals surface area contributed by atoms with Crippen LogP contribution in [-0.2, 0) is 0 Å². The van der Waals surface area contributed by atoms with E-state index >= 15 is 0 Å². The van der Waals surface area contributed by atoms with Gasteiger partial charge in [0, 0.05) is 10.0 Å². The Hall–Kier alpha value is -0.800. The van der Waals surface area contributed by atoms with Crippen LogP contribution >= 0.6 is 15.9 Å². The highest BCUT2D eigenvalue weighted by atomic mass is 79.9. The van der Waals surface area contributed by atoms with Gasteiger partial charge >= 0.3 is 0 Å². The molecule has 1 aliphatic carbocycles. The molecule has 2 nitrogen and oxygen atoms in total.